The standard InChI is InChI=1S/C17H5F6N2.Ir/c1-24-12-4-2-3-9-8(12)5-6-10-13-11(7-25-14(9)10)15(18,19)17(22,23)16(13,20)21;/h2,4-7H;/q-1;. The summed E-state index contributed by atoms with van der Waals surface area (Å²) in [4.78, 5) is 6.97. The second-order valence-electron chi connectivity index (χ2n) is 5.63. The van der Waals surface area contributed by atoms with Crippen LogP contribution in [0.15, 0.2) is 30.5 Å². The SMILES string of the molecule is [C-]#[N+]c1cc[c-]c2c1ccc1c3c(cnc12)C(F)(F)C(F)(F)C3(F)F.[Ir]. The van der Waals surface area contributed by atoms with Crippen molar-refractivity contribution < 1.29 is 46.4 Å². The molecular weight excluding hydrogens is 538 g/mol. The largest absolute Gasteiger partial charge is 0.380 e. The Morgan fingerprint density at radius 2 is 1.62 bits per heavy atom. The first-order valence-electron chi connectivity index (χ1n) is 6.92. The van der Waals surface area contributed by atoms with Crippen LogP contribution >= 0.6 is 0 Å². The zero-order chi connectivity index (χ0) is 18.2. The molecule has 0 atom stereocenters. The first-order valence-corrected chi connectivity index (χ1v) is 6.92. The fourth-order valence-corrected chi connectivity index (χ4v) is 3.12. The van der Waals surface area contributed by atoms with Gasteiger partial charge in [-0.3, -0.25) is 4.85 Å². The van der Waals surface area contributed by atoms with E-state index in [2.05, 4.69) is 15.9 Å². The van der Waals surface area contributed by atoms with E-state index in [0.717, 1.165) is 6.07 Å². The van der Waals surface area contributed by atoms with Crippen molar-refractivity contribution in [3.8, 4) is 0 Å². The molecule has 0 saturated heterocycles. The number of hydrogen-bond acceptors (Lipinski definition) is 1. The van der Waals surface area contributed by atoms with Crippen molar-refractivity contribution in [3.05, 3.63) is 59.1 Å². The Bertz CT molecular complexity index is 1100. The van der Waals surface area contributed by atoms with Gasteiger partial charge < -0.3 is 4.98 Å². The van der Waals surface area contributed by atoms with Crippen molar-refractivity contribution in [1.82, 2.24) is 4.98 Å². The molecule has 0 fully saturated rings. The molecule has 1 aliphatic carbocycles. The molecule has 26 heavy (non-hydrogen) atoms. The third kappa shape index (κ3) is 1.94. The van der Waals surface area contributed by atoms with Gasteiger partial charge in [0.15, 0.2) is 0 Å². The predicted molar refractivity (Wildman–Crippen MR) is 77.1 cm³/mol. The molecule has 0 N–H and O–H groups in total. The normalized spacial score (nSPS) is 19.0. The average Bonchev–Trinajstić information content (AvgIpc) is 2.69. The molecule has 2 nitrogen and oxygen atoms in total. The number of halogens is 6. The minimum absolute atomic E-state index is 0. The van der Waals surface area contributed by atoms with Crippen molar-refractivity contribution in [3.63, 3.8) is 0 Å². The summed E-state index contributed by atoms with van der Waals surface area (Å²) in [6.45, 7) is 7.10. The van der Waals surface area contributed by atoms with Crippen LogP contribution in [0.4, 0.5) is 32.0 Å². The number of benzene rings is 2. The number of fused-ring (bicyclic) bond motifs is 5. The molecule has 1 aliphatic rings. The summed E-state index contributed by atoms with van der Waals surface area (Å²) in [7, 11) is 0. The summed E-state index contributed by atoms with van der Waals surface area (Å²) in [6.07, 6.45) is 0.351. The molecule has 135 valence electrons. The van der Waals surface area contributed by atoms with Gasteiger partial charge in [0.2, 0.25) is 0 Å². The predicted octanol–water partition coefficient (Wildman–Crippen LogP) is 5.57. The van der Waals surface area contributed by atoms with Crippen LogP contribution in [0.25, 0.3) is 26.5 Å². The maximum atomic E-state index is 14.2. The van der Waals surface area contributed by atoms with Crippen LogP contribution in [0.3, 0.4) is 0 Å². The Hall–Kier alpha value is -2.17. The van der Waals surface area contributed by atoms with Crippen molar-refractivity contribution in [2.75, 3.05) is 0 Å². The zero-order valence-corrected chi connectivity index (χ0v) is 14.8. The molecule has 9 heteroatoms. The molecule has 1 radical (unpaired) electrons. The van der Waals surface area contributed by atoms with Crippen LogP contribution in [0.5, 0.6) is 0 Å². The first kappa shape index (κ1) is 18.6. The van der Waals surface area contributed by atoms with Gasteiger partial charge in [-0.1, -0.05) is 6.07 Å². The zero-order valence-electron chi connectivity index (χ0n) is 12.4. The van der Waals surface area contributed by atoms with Gasteiger partial charge in [-0.25, -0.2) is 0 Å². The molecule has 0 saturated carbocycles. The number of alkyl halides is 6. The van der Waals surface area contributed by atoms with Gasteiger partial charge in [0.25, 0.3) is 0 Å². The Morgan fingerprint density at radius 1 is 0.962 bits per heavy atom. The summed E-state index contributed by atoms with van der Waals surface area (Å²) in [5, 5.41) is -0.0642. The summed E-state index contributed by atoms with van der Waals surface area (Å²) in [5.74, 6) is -15.7. The van der Waals surface area contributed by atoms with Crippen LogP contribution in [0, 0.1) is 12.6 Å². The van der Waals surface area contributed by atoms with E-state index < -0.39 is 34.3 Å². The molecule has 1 heterocycles. The summed E-state index contributed by atoms with van der Waals surface area (Å²) >= 11 is 0. The summed E-state index contributed by atoms with van der Waals surface area (Å²) < 4.78 is 83.4. The Labute approximate surface area is 156 Å². The van der Waals surface area contributed by atoms with Crippen LogP contribution < -0.4 is 0 Å². The van der Waals surface area contributed by atoms with E-state index >= 15 is 0 Å². The minimum atomic E-state index is -5.56. The van der Waals surface area contributed by atoms with Crippen LogP contribution in [-0.2, 0) is 32.0 Å². The number of pyridine rings is 1. The van der Waals surface area contributed by atoms with Gasteiger partial charge >= 0.3 is 17.8 Å². The molecule has 0 spiro atoms. The summed E-state index contributed by atoms with van der Waals surface area (Å²) in [5.41, 5.74) is -2.93. The molecule has 1 aromatic heterocycles. The Morgan fingerprint density at radius 3 is 2.27 bits per heavy atom. The second-order valence-corrected chi connectivity index (χ2v) is 5.63. The van der Waals surface area contributed by atoms with E-state index in [0.29, 0.717) is 11.6 Å². The molecule has 3 aromatic rings. The van der Waals surface area contributed by atoms with E-state index in [1.807, 2.05) is 0 Å². The van der Waals surface area contributed by atoms with Crippen LogP contribution in [0.2, 0.25) is 0 Å². The third-order valence-corrected chi connectivity index (χ3v) is 4.35. The van der Waals surface area contributed by atoms with E-state index in [4.69, 9.17) is 6.57 Å². The fraction of sp³-hybridized carbons (Fsp3) is 0.176. The molecular formula is C17H5F6IrN2-. The van der Waals surface area contributed by atoms with E-state index in [1.54, 1.807) is 0 Å². The van der Waals surface area contributed by atoms with Crippen LogP contribution in [-0.4, -0.2) is 10.9 Å². The second kappa shape index (κ2) is 5.41. The van der Waals surface area contributed by atoms with Gasteiger partial charge in [-0.15, -0.1) is 29.0 Å². The monoisotopic (exact) mass is 544 g/mol. The quantitative estimate of drug-likeness (QED) is 0.206. The third-order valence-electron chi connectivity index (χ3n) is 4.35. The molecule has 2 aromatic carbocycles. The average molecular weight is 543 g/mol. The van der Waals surface area contributed by atoms with Gasteiger partial charge in [0, 0.05) is 31.9 Å². The van der Waals surface area contributed by atoms with Crippen LogP contribution in [0.1, 0.15) is 11.1 Å². The van der Waals surface area contributed by atoms with E-state index in [1.165, 1.54) is 18.2 Å². The Kier molecular flexibility index (Phi) is 3.88. The minimum Gasteiger partial charge on any atom is -0.304 e. The number of hydrogen-bond donors (Lipinski definition) is 0. The van der Waals surface area contributed by atoms with Gasteiger partial charge in [0.1, 0.15) is 5.69 Å². The van der Waals surface area contributed by atoms with Crippen molar-refractivity contribution in [2.45, 2.75) is 17.8 Å². The maximum Gasteiger partial charge on any atom is 0.380 e. The molecule has 0 bridgehead atoms. The number of aromatic nitrogens is 1. The Balaban J connectivity index is 0.00000196. The number of rotatable bonds is 0. The molecule has 0 unspecified atom stereocenters. The smallest absolute Gasteiger partial charge is 0.304 e. The molecule has 4 rings (SSSR count). The maximum absolute atomic E-state index is 14.2. The van der Waals surface area contributed by atoms with E-state index in [-0.39, 0.29) is 36.7 Å². The van der Waals surface area contributed by atoms with Crippen molar-refractivity contribution >= 4 is 27.4 Å². The van der Waals surface area contributed by atoms with Gasteiger partial charge in [-0.05, 0) is 10.9 Å². The van der Waals surface area contributed by atoms with Crippen molar-refractivity contribution in [2.24, 2.45) is 0 Å². The van der Waals surface area contributed by atoms with Gasteiger partial charge in [-0.2, -0.15) is 32.4 Å². The first-order chi connectivity index (χ1) is 11.6. The summed E-state index contributed by atoms with van der Waals surface area (Å²) in [6, 6.07) is 7.75. The topological polar surface area (TPSA) is 17.2 Å². The molecule has 0 aliphatic heterocycles. The fourth-order valence-electron chi connectivity index (χ4n) is 3.12. The van der Waals surface area contributed by atoms with E-state index in [9.17, 15) is 26.3 Å². The molecule has 0 amide bonds. The number of nitrogens with zero attached hydrogens (tertiary/aromatic N) is 2. The van der Waals surface area contributed by atoms with Gasteiger partial charge in [0.05, 0.1) is 12.1 Å². The van der Waals surface area contributed by atoms with Crippen molar-refractivity contribution in [1.29, 1.82) is 0 Å².